The summed E-state index contributed by atoms with van der Waals surface area (Å²) in [6.45, 7) is 2.13. The first-order chi connectivity index (χ1) is 7.25. The molecule has 3 nitrogen and oxygen atoms in total. The van der Waals surface area contributed by atoms with E-state index >= 15 is 0 Å². The van der Waals surface area contributed by atoms with Gasteiger partial charge in [-0.1, -0.05) is 18.2 Å². The number of rotatable bonds is 0. The summed E-state index contributed by atoms with van der Waals surface area (Å²) in [5, 5.41) is 0. The minimum absolute atomic E-state index is 0.421. The monoisotopic (exact) mass is 201 g/mol. The predicted octanol–water partition coefficient (Wildman–Crippen LogP) is 1.33. The minimum Gasteiger partial charge on any atom is -0.387 e. The lowest BCUT2D eigenvalue weighted by Crippen LogP contribution is -2.31. The van der Waals surface area contributed by atoms with Crippen LogP contribution in [0.25, 0.3) is 0 Å². The molecule has 3 heteroatoms. The molecule has 0 spiro atoms. The van der Waals surface area contributed by atoms with Crippen molar-refractivity contribution in [2.75, 3.05) is 20.1 Å². The number of likely N-dealkylation sites (tertiary alicyclic amines) is 1. The highest BCUT2D eigenvalue weighted by molar-refractivity contribution is 5.89. The van der Waals surface area contributed by atoms with E-state index < -0.39 is 0 Å². The number of nitrogens with zero attached hydrogens (tertiary/aromatic N) is 2. The van der Waals surface area contributed by atoms with Crippen LogP contribution in [0.5, 0.6) is 0 Å². The molecule has 2 aliphatic rings. The third-order valence-corrected chi connectivity index (χ3v) is 3.47. The number of fused-ring (bicyclic) bond motifs is 3. The molecule has 3 rings (SSSR count). The third kappa shape index (κ3) is 1.27. The van der Waals surface area contributed by atoms with Crippen LogP contribution >= 0.6 is 0 Å². The summed E-state index contributed by atoms with van der Waals surface area (Å²) < 4.78 is 0. The van der Waals surface area contributed by atoms with E-state index in [1.54, 1.807) is 0 Å². The van der Waals surface area contributed by atoms with Crippen molar-refractivity contribution in [1.29, 1.82) is 0 Å². The summed E-state index contributed by atoms with van der Waals surface area (Å²) in [5.41, 5.74) is 8.44. The number of nitrogens with two attached hydrogens (primary N) is 1. The molecule has 2 atom stereocenters. The first-order valence-electron chi connectivity index (χ1n) is 5.37. The summed E-state index contributed by atoms with van der Waals surface area (Å²) in [6.07, 6.45) is 0. The van der Waals surface area contributed by atoms with Gasteiger partial charge in [-0.15, -0.1) is 0 Å². The second-order valence-corrected chi connectivity index (χ2v) is 4.53. The molecule has 0 bridgehead atoms. The van der Waals surface area contributed by atoms with Gasteiger partial charge in [-0.25, -0.2) is 4.99 Å². The highest BCUT2D eigenvalue weighted by atomic mass is 15.1. The average molecular weight is 201 g/mol. The van der Waals surface area contributed by atoms with Crippen LogP contribution in [0.15, 0.2) is 29.3 Å². The number of para-hydroxylation sites is 1. The van der Waals surface area contributed by atoms with E-state index in [1.165, 1.54) is 5.56 Å². The molecule has 2 aliphatic heterocycles. The number of hydrogen-bond acceptors (Lipinski definition) is 3. The van der Waals surface area contributed by atoms with Crippen molar-refractivity contribution in [2.24, 2.45) is 16.6 Å². The lowest BCUT2D eigenvalue weighted by molar-refractivity contribution is 0.407. The Bertz CT molecular complexity index is 425. The molecule has 1 fully saturated rings. The largest absolute Gasteiger partial charge is 0.387 e. The maximum Gasteiger partial charge on any atom is 0.105 e. The second kappa shape index (κ2) is 3.07. The molecule has 2 heterocycles. The SMILES string of the molecule is CN1CC2C(N)=Nc3ccccc3C2C1. The third-order valence-electron chi connectivity index (χ3n) is 3.47. The fraction of sp³-hybridized carbons (Fsp3) is 0.417. The Morgan fingerprint density at radius 1 is 1.27 bits per heavy atom. The van der Waals surface area contributed by atoms with Crippen LogP contribution in [0.2, 0.25) is 0 Å². The zero-order valence-corrected chi connectivity index (χ0v) is 8.85. The Morgan fingerprint density at radius 3 is 2.87 bits per heavy atom. The first-order valence-corrected chi connectivity index (χ1v) is 5.37. The first kappa shape index (κ1) is 8.92. The standard InChI is InChI=1S/C12H15N3/c1-15-6-9-8-4-2-3-5-11(8)14-12(13)10(9)7-15/h2-5,9-10H,6-7H2,1H3,(H2,13,14). The van der Waals surface area contributed by atoms with E-state index in [9.17, 15) is 0 Å². The van der Waals surface area contributed by atoms with Crippen LogP contribution in [0.3, 0.4) is 0 Å². The normalized spacial score (nSPS) is 29.5. The van der Waals surface area contributed by atoms with Gasteiger partial charge >= 0.3 is 0 Å². The number of benzene rings is 1. The second-order valence-electron chi connectivity index (χ2n) is 4.53. The van der Waals surface area contributed by atoms with Gasteiger partial charge in [0, 0.05) is 24.9 Å². The molecule has 0 amide bonds. The fourth-order valence-corrected chi connectivity index (χ4v) is 2.74. The molecular weight excluding hydrogens is 186 g/mol. The van der Waals surface area contributed by atoms with E-state index in [1.807, 2.05) is 6.07 Å². The van der Waals surface area contributed by atoms with Gasteiger partial charge in [0.05, 0.1) is 5.69 Å². The number of hydrogen-bond donors (Lipinski definition) is 1. The highest BCUT2D eigenvalue weighted by Crippen LogP contribution is 2.40. The maximum atomic E-state index is 6.02. The fourth-order valence-electron chi connectivity index (χ4n) is 2.74. The lowest BCUT2D eigenvalue weighted by atomic mass is 9.85. The summed E-state index contributed by atoms with van der Waals surface area (Å²) in [7, 11) is 2.15. The van der Waals surface area contributed by atoms with Gasteiger partial charge < -0.3 is 10.6 Å². The molecule has 0 aromatic heterocycles. The molecule has 2 unspecified atom stereocenters. The van der Waals surface area contributed by atoms with Gasteiger partial charge in [-0.05, 0) is 18.7 Å². The molecule has 0 aliphatic carbocycles. The Labute approximate surface area is 89.6 Å². The molecule has 1 aromatic rings. The van der Waals surface area contributed by atoms with E-state index in [0.29, 0.717) is 11.8 Å². The van der Waals surface area contributed by atoms with Crippen molar-refractivity contribution in [1.82, 2.24) is 4.90 Å². The van der Waals surface area contributed by atoms with Gasteiger partial charge in [0.15, 0.2) is 0 Å². The van der Waals surface area contributed by atoms with Crippen molar-refractivity contribution >= 4 is 11.5 Å². The van der Waals surface area contributed by atoms with Crippen LogP contribution in [0.1, 0.15) is 11.5 Å². The lowest BCUT2D eigenvalue weighted by Gasteiger charge is -2.24. The molecule has 1 saturated heterocycles. The summed E-state index contributed by atoms with van der Waals surface area (Å²) >= 11 is 0. The van der Waals surface area contributed by atoms with Crippen LogP contribution in [0, 0.1) is 5.92 Å². The molecular formula is C12H15N3. The Hall–Kier alpha value is -1.35. The van der Waals surface area contributed by atoms with Gasteiger partial charge in [0.1, 0.15) is 5.84 Å². The van der Waals surface area contributed by atoms with E-state index in [4.69, 9.17) is 5.73 Å². The van der Waals surface area contributed by atoms with Crippen LogP contribution < -0.4 is 5.73 Å². The van der Waals surface area contributed by atoms with Crippen molar-refractivity contribution in [2.45, 2.75) is 5.92 Å². The van der Waals surface area contributed by atoms with Crippen LogP contribution in [-0.4, -0.2) is 30.9 Å². The number of amidine groups is 1. The zero-order chi connectivity index (χ0) is 10.4. The van der Waals surface area contributed by atoms with Crippen molar-refractivity contribution < 1.29 is 0 Å². The quantitative estimate of drug-likeness (QED) is 0.688. The molecule has 2 N–H and O–H groups in total. The molecule has 78 valence electrons. The maximum absolute atomic E-state index is 6.02. The van der Waals surface area contributed by atoms with Gasteiger partial charge in [-0.3, -0.25) is 0 Å². The smallest absolute Gasteiger partial charge is 0.105 e. The van der Waals surface area contributed by atoms with Crippen molar-refractivity contribution in [3.05, 3.63) is 29.8 Å². The Morgan fingerprint density at radius 2 is 2.00 bits per heavy atom. The topological polar surface area (TPSA) is 41.6 Å². The van der Waals surface area contributed by atoms with Crippen molar-refractivity contribution in [3.8, 4) is 0 Å². The van der Waals surface area contributed by atoms with Crippen LogP contribution in [-0.2, 0) is 0 Å². The van der Waals surface area contributed by atoms with Gasteiger partial charge in [0.2, 0.25) is 0 Å². The average Bonchev–Trinajstić information content (AvgIpc) is 2.61. The predicted molar refractivity (Wildman–Crippen MR) is 61.5 cm³/mol. The zero-order valence-electron chi connectivity index (χ0n) is 8.85. The molecule has 1 aromatic carbocycles. The van der Waals surface area contributed by atoms with E-state index in [-0.39, 0.29) is 0 Å². The van der Waals surface area contributed by atoms with E-state index in [2.05, 4.69) is 35.1 Å². The van der Waals surface area contributed by atoms with Crippen LogP contribution in [0.4, 0.5) is 5.69 Å². The molecule has 0 radical (unpaired) electrons. The van der Waals surface area contributed by atoms with Crippen molar-refractivity contribution in [3.63, 3.8) is 0 Å². The number of likely N-dealkylation sites (N-methyl/N-ethyl adjacent to an activating group) is 1. The molecule has 0 saturated carbocycles. The number of aliphatic imine (C=N–C) groups is 1. The Balaban J connectivity index is 2.12. The van der Waals surface area contributed by atoms with Gasteiger partial charge in [-0.2, -0.15) is 0 Å². The van der Waals surface area contributed by atoms with E-state index in [0.717, 1.165) is 24.6 Å². The summed E-state index contributed by atoms with van der Waals surface area (Å²) in [5.74, 6) is 1.77. The summed E-state index contributed by atoms with van der Waals surface area (Å²) in [4.78, 5) is 6.82. The Kier molecular flexibility index (Phi) is 1.83. The minimum atomic E-state index is 0.421. The molecule has 15 heavy (non-hydrogen) atoms. The van der Waals surface area contributed by atoms with Gasteiger partial charge in [0.25, 0.3) is 0 Å². The highest BCUT2D eigenvalue weighted by Gasteiger charge is 2.37. The summed E-state index contributed by atoms with van der Waals surface area (Å²) in [6, 6.07) is 8.35.